The van der Waals surface area contributed by atoms with Crippen molar-refractivity contribution in [3.05, 3.63) is 24.3 Å². The Labute approximate surface area is 145 Å². The number of hydrogen-bond donors (Lipinski definition) is 4. The third kappa shape index (κ3) is 7.57. The second kappa shape index (κ2) is 10.8. The fourth-order valence-corrected chi connectivity index (χ4v) is 2.53. The number of carbonyl (C=O) groups is 2. The van der Waals surface area contributed by atoms with E-state index in [1.165, 1.54) is 6.92 Å². The van der Waals surface area contributed by atoms with Crippen LogP contribution in [0.4, 0.5) is 11.4 Å². The van der Waals surface area contributed by atoms with Crippen LogP contribution >= 0.6 is 0 Å². The minimum atomic E-state index is -0.119. The van der Waals surface area contributed by atoms with Gasteiger partial charge in [-0.25, -0.2) is 0 Å². The van der Waals surface area contributed by atoms with E-state index in [9.17, 15) is 9.59 Å². The van der Waals surface area contributed by atoms with E-state index in [4.69, 9.17) is 0 Å². The first kappa shape index (κ1) is 20.1. The highest BCUT2D eigenvalue weighted by Gasteiger charge is 2.16. The van der Waals surface area contributed by atoms with Crippen molar-refractivity contribution < 1.29 is 19.8 Å². The first-order valence-electron chi connectivity index (χ1n) is 8.81. The van der Waals surface area contributed by atoms with Crippen LogP contribution in [0.5, 0.6) is 0 Å². The normalized spacial score (nSPS) is 12.0. The fraction of sp³-hybridized carbons (Fsp3) is 0.556. The van der Waals surface area contributed by atoms with Gasteiger partial charge in [-0.15, -0.1) is 0 Å². The molecule has 0 heterocycles. The summed E-state index contributed by atoms with van der Waals surface area (Å²) in [5.41, 5.74) is 1.46. The smallest absolute Gasteiger partial charge is 0.282 e. The molecule has 2 amide bonds. The zero-order valence-corrected chi connectivity index (χ0v) is 15.3. The molecule has 0 aliphatic heterocycles. The summed E-state index contributed by atoms with van der Waals surface area (Å²) >= 11 is 0. The van der Waals surface area contributed by atoms with E-state index >= 15 is 0 Å². The largest absolute Gasteiger partial charge is 0.336 e. The van der Waals surface area contributed by atoms with Crippen LogP contribution < -0.4 is 20.9 Å². The maximum atomic E-state index is 12.2. The maximum absolute atomic E-state index is 12.2. The summed E-state index contributed by atoms with van der Waals surface area (Å²) in [5.74, 6) is -0.112. The Balaban J connectivity index is 2.34. The lowest BCUT2D eigenvalue weighted by atomic mass is 10.2. The zero-order valence-electron chi connectivity index (χ0n) is 15.3. The topological polar surface area (TPSA) is 79.2 Å². The molecule has 1 aromatic carbocycles. The van der Waals surface area contributed by atoms with Crippen molar-refractivity contribution in [2.24, 2.45) is 0 Å². The van der Waals surface area contributed by atoms with E-state index in [0.717, 1.165) is 44.0 Å². The number of nitrogens with two attached hydrogens (primary N) is 1. The Bertz CT molecular complexity index is 512. The third-order valence-electron chi connectivity index (χ3n) is 4.14. The molecule has 0 spiro atoms. The monoisotopic (exact) mass is 336 g/mol. The molecule has 1 aromatic rings. The molecule has 5 N–H and O–H groups in total. The molecular formula is C18H32N4O2+2. The minimum Gasteiger partial charge on any atom is -0.336 e. The standard InChI is InChI=1S/C18H30N4O2/c1-5-22(6-2)13-7-12-19-14(3)18(24)21-17-10-8-16(9-11-17)20-15(4)23/h8-11,14,19H,5-7,12-13H2,1-4H3,(H,20,23)(H,21,24)/p+2/t14-/m0/s1. The van der Waals surface area contributed by atoms with Gasteiger partial charge in [0.25, 0.3) is 5.91 Å². The molecule has 0 aliphatic rings. The van der Waals surface area contributed by atoms with Gasteiger partial charge in [-0.3, -0.25) is 9.59 Å². The van der Waals surface area contributed by atoms with E-state index in [1.54, 1.807) is 29.2 Å². The van der Waals surface area contributed by atoms with Crippen LogP contribution in [0.25, 0.3) is 0 Å². The number of quaternary nitrogens is 2. The van der Waals surface area contributed by atoms with Gasteiger partial charge < -0.3 is 20.9 Å². The average Bonchev–Trinajstić information content (AvgIpc) is 2.56. The molecule has 0 aliphatic carbocycles. The van der Waals surface area contributed by atoms with Crippen molar-refractivity contribution in [1.82, 2.24) is 0 Å². The van der Waals surface area contributed by atoms with Gasteiger partial charge >= 0.3 is 0 Å². The molecule has 6 nitrogen and oxygen atoms in total. The van der Waals surface area contributed by atoms with Gasteiger partial charge in [-0.05, 0) is 45.0 Å². The summed E-state index contributed by atoms with van der Waals surface area (Å²) in [4.78, 5) is 24.8. The van der Waals surface area contributed by atoms with Crippen LogP contribution in [-0.2, 0) is 9.59 Å². The Kier molecular flexibility index (Phi) is 9.04. The summed E-state index contributed by atoms with van der Waals surface area (Å²) in [6.07, 6.45) is 1.11. The third-order valence-corrected chi connectivity index (χ3v) is 4.14. The molecule has 0 fully saturated rings. The molecule has 0 unspecified atom stereocenters. The van der Waals surface area contributed by atoms with Gasteiger partial charge in [0.2, 0.25) is 5.91 Å². The lowest BCUT2D eigenvalue weighted by molar-refractivity contribution is -0.898. The van der Waals surface area contributed by atoms with E-state index in [-0.39, 0.29) is 17.9 Å². The summed E-state index contributed by atoms with van der Waals surface area (Å²) in [6.45, 7) is 12.2. The molecule has 0 aromatic heterocycles. The SMILES string of the molecule is CC[NH+](CC)CCC[NH2+][C@@H](C)C(=O)Nc1ccc(NC(C)=O)cc1. The van der Waals surface area contributed by atoms with E-state index < -0.39 is 0 Å². The van der Waals surface area contributed by atoms with Crippen molar-refractivity contribution in [2.75, 3.05) is 36.8 Å². The minimum absolute atomic E-state index is 0.00235. The lowest BCUT2D eigenvalue weighted by Crippen LogP contribution is -3.11. The Morgan fingerprint density at radius 1 is 1.08 bits per heavy atom. The van der Waals surface area contributed by atoms with Crippen molar-refractivity contribution in [1.29, 1.82) is 0 Å². The van der Waals surface area contributed by atoms with Crippen molar-refractivity contribution in [3.63, 3.8) is 0 Å². The van der Waals surface area contributed by atoms with Gasteiger partial charge in [0, 0.05) is 24.7 Å². The first-order chi connectivity index (χ1) is 11.5. The molecule has 1 rings (SSSR count). The van der Waals surface area contributed by atoms with Gasteiger partial charge in [0.15, 0.2) is 6.04 Å². The van der Waals surface area contributed by atoms with E-state index in [0.29, 0.717) is 0 Å². The van der Waals surface area contributed by atoms with Crippen molar-refractivity contribution in [2.45, 2.75) is 40.2 Å². The van der Waals surface area contributed by atoms with Gasteiger partial charge in [-0.2, -0.15) is 0 Å². The summed E-state index contributed by atoms with van der Waals surface area (Å²) in [6, 6.07) is 7.02. The van der Waals surface area contributed by atoms with E-state index in [1.807, 2.05) is 6.92 Å². The van der Waals surface area contributed by atoms with Gasteiger partial charge in [-0.1, -0.05) is 0 Å². The number of rotatable bonds is 10. The molecule has 0 bridgehead atoms. The van der Waals surface area contributed by atoms with E-state index in [2.05, 4.69) is 29.8 Å². The average molecular weight is 336 g/mol. The number of amides is 2. The summed E-state index contributed by atoms with van der Waals surface area (Å²) in [5, 5.41) is 7.69. The van der Waals surface area contributed by atoms with Gasteiger partial charge in [0.1, 0.15) is 0 Å². The van der Waals surface area contributed by atoms with Gasteiger partial charge in [0.05, 0.1) is 26.2 Å². The van der Waals surface area contributed by atoms with Crippen LogP contribution in [0.1, 0.15) is 34.1 Å². The molecular weight excluding hydrogens is 304 g/mol. The Morgan fingerprint density at radius 3 is 2.12 bits per heavy atom. The van der Waals surface area contributed by atoms with Crippen LogP contribution in [0.2, 0.25) is 0 Å². The van der Waals surface area contributed by atoms with Crippen LogP contribution in [0.3, 0.4) is 0 Å². The van der Waals surface area contributed by atoms with Crippen LogP contribution in [-0.4, -0.2) is 44.0 Å². The maximum Gasteiger partial charge on any atom is 0.282 e. The lowest BCUT2D eigenvalue weighted by Gasteiger charge is -2.15. The summed E-state index contributed by atoms with van der Waals surface area (Å²) in [7, 11) is 0. The molecule has 1 atom stereocenters. The number of anilines is 2. The van der Waals surface area contributed by atoms with Crippen LogP contribution in [0.15, 0.2) is 24.3 Å². The molecule has 6 heteroatoms. The quantitative estimate of drug-likeness (QED) is 0.449. The molecule has 0 saturated carbocycles. The second-order valence-electron chi connectivity index (χ2n) is 6.12. The number of nitrogens with one attached hydrogen (secondary N) is 3. The zero-order chi connectivity index (χ0) is 17.9. The molecule has 134 valence electrons. The second-order valence-corrected chi connectivity index (χ2v) is 6.12. The number of benzene rings is 1. The predicted molar refractivity (Wildman–Crippen MR) is 97.2 cm³/mol. The first-order valence-corrected chi connectivity index (χ1v) is 8.81. The molecule has 0 saturated heterocycles. The highest BCUT2D eigenvalue weighted by molar-refractivity contribution is 5.94. The highest BCUT2D eigenvalue weighted by atomic mass is 16.2. The fourth-order valence-electron chi connectivity index (χ4n) is 2.53. The summed E-state index contributed by atoms with van der Waals surface area (Å²) < 4.78 is 0. The Hall–Kier alpha value is -1.92. The van der Waals surface area contributed by atoms with Crippen LogP contribution in [0, 0.1) is 0 Å². The predicted octanol–water partition coefficient (Wildman–Crippen LogP) is -0.150. The molecule has 0 radical (unpaired) electrons. The Morgan fingerprint density at radius 2 is 1.62 bits per heavy atom. The molecule has 24 heavy (non-hydrogen) atoms. The van der Waals surface area contributed by atoms with Crippen molar-refractivity contribution >= 4 is 23.2 Å². The number of carbonyl (C=O) groups excluding carboxylic acids is 2. The van der Waals surface area contributed by atoms with Crippen molar-refractivity contribution in [3.8, 4) is 0 Å². The highest BCUT2D eigenvalue weighted by Crippen LogP contribution is 2.13. The number of hydrogen-bond acceptors (Lipinski definition) is 2.